The zero-order valence-corrected chi connectivity index (χ0v) is 24.5. The number of rotatable bonds is 19. The predicted octanol–water partition coefficient (Wildman–Crippen LogP) is 2.05. The van der Waals surface area contributed by atoms with Crippen molar-refractivity contribution in [2.45, 2.75) is 44.6 Å². The number of carbonyl (C=O) groups is 3. The second-order valence-electron chi connectivity index (χ2n) is 8.93. The molecule has 0 aromatic heterocycles. The highest BCUT2D eigenvalue weighted by molar-refractivity contribution is 5.93. The molecular formula is C27H36N6O12. The van der Waals surface area contributed by atoms with E-state index < -0.39 is 28.3 Å². The molecule has 0 saturated carbocycles. The molecule has 18 nitrogen and oxygen atoms in total. The molecule has 0 aliphatic heterocycles. The Labute approximate surface area is 257 Å². The Hall–Kier alpha value is -5.52. The SMILES string of the molecule is CNC(CCCN=C(N)NC(=O)Oc1cccc(CCCO[N+](=O)[O-])c1)C(=O)O.O=COc1cccc(CCCO[N+](=O)[O-])c1. The van der Waals surface area contributed by atoms with E-state index in [0.29, 0.717) is 50.7 Å². The summed E-state index contributed by atoms with van der Waals surface area (Å²) >= 11 is 0. The number of nitrogens with two attached hydrogens (primary N) is 1. The lowest BCUT2D eigenvalue weighted by molar-refractivity contribution is -0.757. The number of benzene rings is 2. The average Bonchev–Trinajstić information content (AvgIpc) is 2.98. The van der Waals surface area contributed by atoms with E-state index in [1.54, 1.807) is 49.5 Å². The molecule has 1 atom stereocenters. The van der Waals surface area contributed by atoms with Crippen LogP contribution in [0, 0.1) is 20.2 Å². The molecule has 1 unspecified atom stereocenters. The molecule has 18 heteroatoms. The Morgan fingerprint density at radius 3 is 2.04 bits per heavy atom. The van der Waals surface area contributed by atoms with E-state index >= 15 is 0 Å². The molecule has 0 bridgehead atoms. The van der Waals surface area contributed by atoms with Crippen molar-refractivity contribution in [3.8, 4) is 11.5 Å². The van der Waals surface area contributed by atoms with Gasteiger partial charge in [0.2, 0.25) is 0 Å². The van der Waals surface area contributed by atoms with Crippen LogP contribution in [0.5, 0.6) is 11.5 Å². The lowest BCUT2D eigenvalue weighted by atomic mass is 10.1. The van der Waals surface area contributed by atoms with Gasteiger partial charge in [-0.1, -0.05) is 24.3 Å². The molecule has 0 heterocycles. The van der Waals surface area contributed by atoms with Gasteiger partial charge in [-0.05, 0) is 81.0 Å². The van der Waals surface area contributed by atoms with Gasteiger partial charge < -0.3 is 35.3 Å². The first-order valence-corrected chi connectivity index (χ1v) is 13.6. The van der Waals surface area contributed by atoms with Crippen molar-refractivity contribution in [2.24, 2.45) is 10.7 Å². The van der Waals surface area contributed by atoms with Crippen LogP contribution in [0.15, 0.2) is 53.5 Å². The number of aliphatic imine (C=N–C) groups is 1. The van der Waals surface area contributed by atoms with Crippen molar-refractivity contribution >= 4 is 24.5 Å². The van der Waals surface area contributed by atoms with Gasteiger partial charge in [-0.2, -0.15) is 0 Å². The van der Waals surface area contributed by atoms with Crippen molar-refractivity contribution in [1.29, 1.82) is 0 Å². The fraction of sp³-hybridized carbons (Fsp3) is 0.407. The number of hydrogen-bond donors (Lipinski definition) is 4. The molecule has 2 rings (SSSR count). The van der Waals surface area contributed by atoms with Crippen LogP contribution in [-0.4, -0.2) is 72.6 Å². The van der Waals surface area contributed by atoms with Crippen LogP contribution in [0.2, 0.25) is 0 Å². The highest BCUT2D eigenvalue weighted by Crippen LogP contribution is 2.15. The minimum atomic E-state index is -0.946. The number of hydrogen-bond acceptors (Lipinski definition) is 13. The minimum Gasteiger partial charge on any atom is -0.480 e. The minimum absolute atomic E-state index is 0.0207. The summed E-state index contributed by atoms with van der Waals surface area (Å²) in [6.07, 6.45) is 2.13. The summed E-state index contributed by atoms with van der Waals surface area (Å²) in [6.45, 7) is 0.646. The first-order valence-electron chi connectivity index (χ1n) is 13.6. The van der Waals surface area contributed by atoms with Crippen LogP contribution in [0.3, 0.4) is 0 Å². The topological polar surface area (TPSA) is 257 Å². The maximum absolute atomic E-state index is 11.9. The molecule has 2 aromatic rings. The number of carboxylic acids is 1. The monoisotopic (exact) mass is 636 g/mol. The number of aliphatic carboxylic acids is 1. The Balaban J connectivity index is 0.000000532. The fourth-order valence-corrected chi connectivity index (χ4v) is 3.59. The number of nitrogens with one attached hydrogen (secondary N) is 2. The summed E-state index contributed by atoms with van der Waals surface area (Å²) in [5.74, 6) is -0.345. The number of likely N-dealkylation sites (N-methyl/N-ethyl adjacent to an activating group) is 1. The second-order valence-corrected chi connectivity index (χ2v) is 8.93. The summed E-state index contributed by atoms with van der Waals surface area (Å²) in [6, 6.07) is 13.0. The third-order valence-corrected chi connectivity index (χ3v) is 5.61. The molecule has 246 valence electrons. The zero-order chi connectivity index (χ0) is 33.5. The molecule has 5 N–H and O–H groups in total. The fourth-order valence-electron chi connectivity index (χ4n) is 3.59. The smallest absolute Gasteiger partial charge is 0.419 e. The Kier molecular flexibility index (Phi) is 18.4. The molecule has 2 aromatic carbocycles. The predicted molar refractivity (Wildman–Crippen MR) is 157 cm³/mol. The molecule has 0 aliphatic rings. The summed E-state index contributed by atoms with van der Waals surface area (Å²) in [7, 11) is 1.56. The zero-order valence-electron chi connectivity index (χ0n) is 24.5. The first kappa shape index (κ1) is 37.5. The van der Waals surface area contributed by atoms with Crippen LogP contribution in [0.1, 0.15) is 36.8 Å². The maximum Gasteiger partial charge on any atom is 0.419 e. The van der Waals surface area contributed by atoms with Gasteiger partial charge in [0.1, 0.15) is 17.5 Å². The van der Waals surface area contributed by atoms with Crippen molar-refractivity contribution in [3.63, 3.8) is 0 Å². The number of ether oxygens (including phenoxy) is 2. The Morgan fingerprint density at radius 2 is 1.53 bits per heavy atom. The van der Waals surface area contributed by atoms with E-state index in [0.717, 1.165) is 11.1 Å². The van der Waals surface area contributed by atoms with E-state index in [4.69, 9.17) is 15.6 Å². The number of carboxylic acid groups (broad SMARTS) is 1. The van der Waals surface area contributed by atoms with Crippen molar-refractivity contribution in [3.05, 3.63) is 79.9 Å². The molecule has 0 saturated heterocycles. The number of aryl methyl sites for hydroxylation is 2. The van der Waals surface area contributed by atoms with Gasteiger partial charge >= 0.3 is 12.1 Å². The molecule has 0 radical (unpaired) electrons. The number of nitrogens with zero attached hydrogens (tertiary/aromatic N) is 3. The number of amides is 1. The molecule has 0 spiro atoms. The third-order valence-electron chi connectivity index (χ3n) is 5.61. The van der Waals surface area contributed by atoms with E-state index in [-0.39, 0.29) is 31.5 Å². The summed E-state index contributed by atoms with van der Waals surface area (Å²) in [5.41, 5.74) is 7.37. The van der Waals surface area contributed by atoms with Crippen molar-refractivity contribution in [1.82, 2.24) is 10.6 Å². The van der Waals surface area contributed by atoms with E-state index in [2.05, 4.69) is 30.0 Å². The van der Waals surface area contributed by atoms with Gasteiger partial charge in [-0.15, -0.1) is 20.2 Å². The normalized spacial score (nSPS) is 11.2. The molecule has 0 aliphatic carbocycles. The van der Waals surface area contributed by atoms with Crippen molar-refractivity contribution in [2.75, 3.05) is 26.8 Å². The lowest BCUT2D eigenvalue weighted by Crippen LogP contribution is -2.39. The van der Waals surface area contributed by atoms with Gasteiger partial charge in [-0.25, -0.2) is 4.79 Å². The summed E-state index contributed by atoms with van der Waals surface area (Å²) in [4.78, 5) is 65.2. The first-order chi connectivity index (χ1) is 21.5. The van der Waals surface area contributed by atoms with Crippen LogP contribution in [0.25, 0.3) is 0 Å². The van der Waals surface area contributed by atoms with Gasteiger partial charge in [0, 0.05) is 6.54 Å². The van der Waals surface area contributed by atoms with Gasteiger partial charge in [0.15, 0.2) is 5.96 Å². The summed E-state index contributed by atoms with van der Waals surface area (Å²) in [5, 5.41) is 32.2. The highest BCUT2D eigenvalue weighted by Gasteiger charge is 2.13. The van der Waals surface area contributed by atoms with E-state index in [9.17, 15) is 34.6 Å². The number of guanidine groups is 1. The van der Waals surface area contributed by atoms with Crippen LogP contribution in [0.4, 0.5) is 4.79 Å². The lowest BCUT2D eigenvalue weighted by Gasteiger charge is -2.10. The second kappa shape index (κ2) is 22.1. The maximum atomic E-state index is 11.9. The highest BCUT2D eigenvalue weighted by atomic mass is 17.0. The van der Waals surface area contributed by atoms with Crippen LogP contribution in [-0.2, 0) is 32.1 Å². The van der Waals surface area contributed by atoms with Crippen molar-refractivity contribution < 1.29 is 48.8 Å². The average molecular weight is 637 g/mol. The Morgan fingerprint density at radius 1 is 0.978 bits per heavy atom. The van der Waals surface area contributed by atoms with Crippen LogP contribution < -0.4 is 25.8 Å². The largest absolute Gasteiger partial charge is 0.480 e. The molecular weight excluding hydrogens is 600 g/mol. The number of carbonyl (C=O) groups excluding carboxylic acids is 2. The quantitative estimate of drug-likeness (QED) is 0.0430. The molecule has 45 heavy (non-hydrogen) atoms. The molecule has 0 fully saturated rings. The van der Waals surface area contributed by atoms with Gasteiger partial charge in [0.25, 0.3) is 16.6 Å². The summed E-state index contributed by atoms with van der Waals surface area (Å²) < 4.78 is 9.80. The van der Waals surface area contributed by atoms with E-state index in [1.165, 1.54) is 0 Å². The van der Waals surface area contributed by atoms with Gasteiger partial charge in [-0.3, -0.25) is 19.9 Å². The standard InChI is InChI=1S/C17H25N5O7.C10H11NO5/c1-19-14(15(23)24)8-3-9-20-16(18)21-17(25)29-13-7-2-5-12(11-13)6-4-10-28-22(26)27;12-8-15-10-5-1-3-9(7-10)4-2-6-16-11(13)14/h2,5,7,11,14,19H,3-4,6,8-10H2,1H3,(H,23,24)(H3,18,20,21,25);1,3,5,7-8H,2,4,6H2. The van der Waals surface area contributed by atoms with Gasteiger partial charge in [0.05, 0.1) is 13.2 Å². The van der Waals surface area contributed by atoms with Crippen LogP contribution >= 0.6 is 0 Å². The molecule has 1 amide bonds. The Bertz CT molecular complexity index is 1280. The van der Waals surface area contributed by atoms with E-state index in [1.807, 2.05) is 6.07 Å². The third kappa shape index (κ3) is 18.6.